The van der Waals surface area contributed by atoms with Gasteiger partial charge in [0.05, 0.1) is 11.6 Å². The summed E-state index contributed by atoms with van der Waals surface area (Å²) in [6.07, 6.45) is 0. The number of nitrogens with one attached hydrogen (secondary N) is 1. The molecule has 1 atom stereocenters. The number of hydrogen-bond acceptors (Lipinski definition) is 2. The van der Waals surface area contributed by atoms with Crippen LogP contribution in [-0.4, -0.2) is 5.91 Å². The third-order valence-corrected chi connectivity index (χ3v) is 3.75. The normalized spacial score (nSPS) is 12.0. The van der Waals surface area contributed by atoms with E-state index in [9.17, 15) is 18.0 Å². The predicted molar refractivity (Wildman–Crippen MR) is 86.3 cm³/mol. The van der Waals surface area contributed by atoms with E-state index in [1.165, 1.54) is 30.3 Å². The van der Waals surface area contributed by atoms with Crippen molar-refractivity contribution in [1.82, 2.24) is 5.32 Å². The standard InChI is InChI=1S/C19H14F3NO2/c1-11(13-7-6-12(20)10-16(13)22)23-19(24)18-9-8-17(25-18)14-4-2-3-5-15(14)21/h2-11H,1H3,(H,23,24)/t11-/m1/s1. The van der Waals surface area contributed by atoms with Gasteiger partial charge in [-0.3, -0.25) is 4.79 Å². The summed E-state index contributed by atoms with van der Waals surface area (Å²) in [6, 6.07) is 11.3. The van der Waals surface area contributed by atoms with E-state index in [2.05, 4.69) is 5.32 Å². The third kappa shape index (κ3) is 3.57. The summed E-state index contributed by atoms with van der Waals surface area (Å²) in [5, 5.41) is 2.56. The molecule has 3 nitrogen and oxygen atoms in total. The molecule has 25 heavy (non-hydrogen) atoms. The number of benzene rings is 2. The van der Waals surface area contributed by atoms with Gasteiger partial charge < -0.3 is 9.73 Å². The number of halogens is 3. The van der Waals surface area contributed by atoms with Crippen LogP contribution in [0.25, 0.3) is 11.3 Å². The second-order valence-corrected chi connectivity index (χ2v) is 5.50. The van der Waals surface area contributed by atoms with Crippen LogP contribution in [0, 0.1) is 17.5 Å². The quantitative estimate of drug-likeness (QED) is 0.734. The first-order valence-corrected chi connectivity index (χ1v) is 7.56. The molecule has 0 spiro atoms. The van der Waals surface area contributed by atoms with Crippen LogP contribution < -0.4 is 5.32 Å². The van der Waals surface area contributed by atoms with Gasteiger partial charge in [0, 0.05) is 11.6 Å². The predicted octanol–water partition coefficient (Wildman–Crippen LogP) is 4.85. The summed E-state index contributed by atoms with van der Waals surface area (Å²) in [7, 11) is 0. The summed E-state index contributed by atoms with van der Waals surface area (Å²) in [6.45, 7) is 1.56. The Balaban J connectivity index is 1.77. The molecule has 0 aliphatic carbocycles. The van der Waals surface area contributed by atoms with Crippen molar-refractivity contribution in [2.45, 2.75) is 13.0 Å². The van der Waals surface area contributed by atoms with Crippen LogP contribution in [-0.2, 0) is 0 Å². The van der Waals surface area contributed by atoms with Crippen LogP contribution in [0.15, 0.2) is 59.0 Å². The summed E-state index contributed by atoms with van der Waals surface area (Å²) >= 11 is 0. The molecule has 1 N–H and O–H groups in total. The first kappa shape index (κ1) is 16.8. The monoisotopic (exact) mass is 345 g/mol. The fraction of sp³-hybridized carbons (Fsp3) is 0.105. The maximum atomic E-state index is 13.8. The Labute approximate surface area is 142 Å². The largest absolute Gasteiger partial charge is 0.451 e. The van der Waals surface area contributed by atoms with Gasteiger partial charge in [-0.2, -0.15) is 0 Å². The molecule has 0 saturated heterocycles. The number of amides is 1. The topological polar surface area (TPSA) is 42.2 Å². The first-order chi connectivity index (χ1) is 12.0. The molecule has 0 aliphatic rings. The van der Waals surface area contributed by atoms with Gasteiger partial charge in [0.1, 0.15) is 23.2 Å². The molecule has 0 unspecified atom stereocenters. The van der Waals surface area contributed by atoms with Crippen molar-refractivity contribution < 1.29 is 22.4 Å². The van der Waals surface area contributed by atoms with Crippen LogP contribution in [0.5, 0.6) is 0 Å². The molecule has 0 radical (unpaired) electrons. The Morgan fingerprint density at radius 3 is 2.48 bits per heavy atom. The average molecular weight is 345 g/mol. The van der Waals surface area contributed by atoms with Gasteiger partial charge in [-0.1, -0.05) is 18.2 Å². The first-order valence-electron chi connectivity index (χ1n) is 7.56. The maximum Gasteiger partial charge on any atom is 0.287 e. The maximum absolute atomic E-state index is 13.8. The number of carbonyl (C=O) groups excluding carboxylic acids is 1. The molecule has 0 saturated carbocycles. The van der Waals surface area contributed by atoms with E-state index in [0.29, 0.717) is 0 Å². The zero-order valence-corrected chi connectivity index (χ0v) is 13.2. The van der Waals surface area contributed by atoms with E-state index in [4.69, 9.17) is 4.42 Å². The number of hydrogen-bond donors (Lipinski definition) is 1. The lowest BCUT2D eigenvalue weighted by Gasteiger charge is -2.14. The molecule has 1 heterocycles. The van der Waals surface area contributed by atoms with E-state index in [1.807, 2.05) is 0 Å². The molecule has 2 aromatic carbocycles. The molecule has 6 heteroatoms. The van der Waals surface area contributed by atoms with Crippen molar-refractivity contribution in [2.75, 3.05) is 0 Å². The van der Waals surface area contributed by atoms with Gasteiger partial charge >= 0.3 is 0 Å². The SMILES string of the molecule is C[C@@H](NC(=O)c1ccc(-c2ccccc2F)o1)c1ccc(F)cc1F. The average Bonchev–Trinajstić information content (AvgIpc) is 3.05. The minimum absolute atomic E-state index is 0.0346. The molecule has 0 bridgehead atoms. The third-order valence-electron chi connectivity index (χ3n) is 3.75. The van der Waals surface area contributed by atoms with Crippen LogP contribution in [0.2, 0.25) is 0 Å². The Hall–Kier alpha value is -3.02. The minimum atomic E-state index is -0.751. The Kier molecular flexibility index (Phi) is 4.61. The highest BCUT2D eigenvalue weighted by Crippen LogP contribution is 2.25. The summed E-state index contributed by atoms with van der Waals surface area (Å²) in [4.78, 5) is 12.2. The van der Waals surface area contributed by atoms with E-state index < -0.39 is 29.4 Å². The van der Waals surface area contributed by atoms with Gasteiger partial charge in [0.15, 0.2) is 5.76 Å². The van der Waals surface area contributed by atoms with Crippen LogP contribution in [0.4, 0.5) is 13.2 Å². The van der Waals surface area contributed by atoms with E-state index in [-0.39, 0.29) is 22.6 Å². The van der Waals surface area contributed by atoms with Crippen LogP contribution >= 0.6 is 0 Å². The summed E-state index contributed by atoms with van der Waals surface area (Å²) in [5.74, 6) is -2.32. The van der Waals surface area contributed by atoms with Crippen LogP contribution in [0.3, 0.4) is 0 Å². The van der Waals surface area contributed by atoms with Crippen molar-refractivity contribution in [3.8, 4) is 11.3 Å². The Morgan fingerprint density at radius 1 is 1.00 bits per heavy atom. The molecule has 0 fully saturated rings. The van der Waals surface area contributed by atoms with E-state index in [1.54, 1.807) is 19.1 Å². The van der Waals surface area contributed by atoms with Crippen molar-refractivity contribution in [3.63, 3.8) is 0 Å². The number of furan rings is 1. The van der Waals surface area contributed by atoms with Crippen molar-refractivity contribution in [1.29, 1.82) is 0 Å². The highest BCUT2D eigenvalue weighted by Gasteiger charge is 2.18. The summed E-state index contributed by atoms with van der Waals surface area (Å²) in [5.41, 5.74) is 0.384. The lowest BCUT2D eigenvalue weighted by Crippen LogP contribution is -2.26. The lowest BCUT2D eigenvalue weighted by molar-refractivity contribution is 0.0912. The van der Waals surface area contributed by atoms with E-state index >= 15 is 0 Å². The molecule has 3 rings (SSSR count). The zero-order valence-electron chi connectivity index (χ0n) is 13.2. The Morgan fingerprint density at radius 2 is 1.76 bits per heavy atom. The fourth-order valence-electron chi connectivity index (χ4n) is 2.46. The second kappa shape index (κ2) is 6.84. The molecule has 0 aliphatic heterocycles. The molecule has 1 amide bonds. The molecule has 1 aromatic heterocycles. The van der Waals surface area contributed by atoms with Gasteiger partial charge in [0.25, 0.3) is 5.91 Å². The molecular weight excluding hydrogens is 331 g/mol. The minimum Gasteiger partial charge on any atom is -0.451 e. The van der Waals surface area contributed by atoms with Gasteiger partial charge in [0.2, 0.25) is 0 Å². The van der Waals surface area contributed by atoms with Gasteiger partial charge in [-0.25, -0.2) is 13.2 Å². The highest BCUT2D eigenvalue weighted by molar-refractivity contribution is 5.92. The number of rotatable bonds is 4. The zero-order chi connectivity index (χ0) is 18.0. The highest BCUT2D eigenvalue weighted by atomic mass is 19.1. The van der Waals surface area contributed by atoms with Gasteiger partial charge in [-0.15, -0.1) is 0 Å². The smallest absolute Gasteiger partial charge is 0.287 e. The number of carbonyl (C=O) groups is 1. The van der Waals surface area contributed by atoms with Crippen molar-refractivity contribution >= 4 is 5.91 Å². The fourth-order valence-corrected chi connectivity index (χ4v) is 2.46. The second-order valence-electron chi connectivity index (χ2n) is 5.50. The molecular formula is C19H14F3NO2. The Bertz CT molecular complexity index is 921. The van der Waals surface area contributed by atoms with Crippen molar-refractivity contribution in [2.24, 2.45) is 0 Å². The molecule has 3 aromatic rings. The molecule has 128 valence electrons. The lowest BCUT2D eigenvalue weighted by atomic mass is 10.1. The van der Waals surface area contributed by atoms with Crippen molar-refractivity contribution in [3.05, 3.63) is 83.4 Å². The van der Waals surface area contributed by atoms with E-state index in [0.717, 1.165) is 12.1 Å². The van der Waals surface area contributed by atoms with Crippen LogP contribution in [0.1, 0.15) is 29.1 Å². The summed E-state index contributed by atoms with van der Waals surface area (Å²) < 4.78 is 45.9. The van der Waals surface area contributed by atoms with Gasteiger partial charge in [-0.05, 0) is 37.3 Å².